The molecule has 2 aromatic carbocycles. The van der Waals surface area contributed by atoms with E-state index in [4.69, 9.17) is 4.74 Å². The molecule has 1 aliphatic heterocycles. The third-order valence-corrected chi connectivity index (χ3v) is 4.08. The number of hydrogen-bond acceptors (Lipinski definition) is 3. The first kappa shape index (κ1) is 14.8. The number of aldehydes is 1. The Bertz CT molecular complexity index is 612. The minimum atomic E-state index is 0.0625. The number of ether oxygens (including phenoxy) is 1. The first-order chi connectivity index (χ1) is 10.8. The summed E-state index contributed by atoms with van der Waals surface area (Å²) in [5.74, 6) is 1.67. The third kappa shape index (κ3) is 3.74. The molecule has 0 aliphatic carbocycles. The summed E-state index contributed by atoms with van der Waals surface area (Å²) in [6, 6.07) is 18.0. The van der Waals surface area contributed by atoms with E-state index >= 15 is 0 Å². The monoisotopic (exact) mass is 295 g/mol. The van der Waals surface area contributed by atoms with Crippen LogP contribution in [0.15, 0.2) is 54.6 Å². The van der Waals surface area contributed by atoms with Crippen molar-refractivity contribution in [1.29, 1.82) is 0 Å². The lowest BCUT2D eigenvalue weighted by atomic mass is 10.0. The van der Waals surface area contributed by atoms with E-state index in [-0.39, 0.29) is 6.04 Å². The normalized spacial score (nSPS) is 18.8. The maximum absolute atomic E-state index is 11.2. The zero-order valence-electron chi connectivity index (χ0n) is 12.7. The number of piperidine rings is 1. The second-order valence-electron chi connectivity index (χ2n) is 5.73. The third-order valence-electron chi connectivity index (χ3n) is 4.08. The van der Waals surface area contributed by atoms with Gasteiger partial charge in [-0.25, -0.2) is 0 Å². The van der Waals surface area contributed by atoms with Crippen molar-refractivity contribution < 1.29 is 9.53 Å². The largest absolute Gasteiger partial charge is 0.457 e. The first-order valence-electron chi connectivity index (χ1n) is 7.86. The predicted octanol–water partition coefficient (Wildman–Crippen LogP) is 4.03. The van der Waals surface area contributed by atoms with Crippen molar-refractivity contribution in [2.24, 2.45) is 0 Å². The topological polar surface area (TPSA) is 29.5 Å². The van der Waals surface area contributed by atoms with Gasteiger partial charge in [-0.2, -0.15) is 0 Å². The number of hydrogen-bond donors (Lipinski definition) is 0. The fourth-order valence-electron chi connectivity index (χ4n) is 2.93. The Morgan fingerprint density at radius 2 is 1.86 bits per heavy atom. The van der Waals surface area contributed by atoms with Crippen LogP contribution in [0.4, 0.5) is 0 Å². The molecule has 1 heterocycles. The Labute approximate surface area is 131 Å². The standard InChI is InChI=1S/C19H21NO2/c21-15-17-8-4-5-12-20(17)14-16-7-6-11-19(13-16)22-18-9-2-1-3-10-18/h1-3,6-7,9-11,13,15,17H,4-5,8,12,14H2. The first-order valence-corrected chi connectivity index (χ1v) is 7.86. The fourth-order valence-corrected chi connectivity index (χ4v) is 2.93. The maximum Gasteiger partial charge on any atom is 0.137 e. The summed E-state index contributed by atoms with van der Waals surface area (Å²) in [5, 5.41) is 0. The van der Waals surface area contributed by atoms with Crippen LogP contribution in [0.25, 0.3) is 0 Å². The van der Waals surface area contributed by atoms with Gasteiger partial charge in [0, 0.05) is 6.54 Å². The zero-order valence-corrected chi connectivity index (χ0v) is 12.7. The van der Waals surface area contributed by atoms with Gasteiger partial charge in [0.15, 0.2) is 0 Å². The van der Waals surface area contributed by atoms with Crippen LogP contribution < -0.4 is 4.74 Å². The van der Waals surface area contributed by atoms with Crippen LogP contribution >= 0.6 is 0 Å². The van der Waals surface area contributed by atoms with E-state index in [0.29, 0.717) is 0 Å². The molecule has 3 nitrogen and oxygen atoms in total. The van der Waals surface area contributed by atoms with Crippen molar-refractivity contribution in [3.05, 3.63) is 60.2 Å². The maximum atomic E-state index is 11.2. The van der Waals surface area contributed by atoms with Gasteiger partial charge in [0.05, 0.1) is 6.04 Å². The number of likely N-dealkylation sites (tertiary alicyclic amines) is 1. The van der Waals surface area contributed by atoms with Crippen LogP contribution in [-0.2, 0) is 11.3 Å². The highest BCUT2D eigenvalue weighted by molar-refractivity contribution is 5.57. The quantitative estimate of drug-likeness (QED) is 0.780. The van der Waals surface area contributed by atoms with Gasteiger partial charge in [-0.15, -0.1) is 0 Å². The smallest absolute Gasteiger partial charge is 0.137 e. The summed E-state index contributed by atoms with van der Waals surface area (Å²) in [6.45, 7) is 1.79. The van der Waals surface area contributed by atoms with Crippen molar-refractivity contribution in [3.63, 3.8) is 0 Å². The molecule has 2 aromatic rings. The highest BCUT2D eigenvalue weighted by Crippen LogP contribution is 2.24. The van der Waals surface area contributed by atoms with E-state index < -0.39 is 0 Å². The summed E-state index contributed by atoms with van der Waals surface area (Å²) in [6.07, 6.45) is 4.38. The van der Waals surface area contributed by atoms with Crippen molar-refractivity contribution in [2.45, 2.75) is 31.8 Å². The molecule has 1 saturated heterocycles. The van der Waals surface area contributed by atoms with Crippen LogP contribution in [0, 0.1) is 0 Å². The van der Waals surface area contributed by atoms with Gasteiger partial charge in [-0.3, -0.25) is 4.90 Å². The van der Waals surface area contributed by atoms with Gasteiger partial charge >= 0.3 is 0 Å². The van der Waals surface area contributed by atoms with Crippen LogP contribution in [0.2, 0.25) is 0 Å². The van der Waals surface area contributed by atoms with Gasteiger partial charge in [0.2, 0.25) is 0 Å². The van der Waals surface area contributed by atoms with Gasteiger partial charge in [0.25, 0.3) is 0 Å². The van der Waals surface area contributed by atoms with Crippen molar-refractivity contribution >= 4 is 6.29 Å². The number of nitrogens with zero attached hydrogens (tertiary/aromatic N) is 1. The Kier molecular flexibility index (Phi) is 4.86. The Balaban J connectivity index is 1.69. The van der Waals surface area contributed by atoms with Crippen LogP contribution in [0.3, 0.4) is 0 Å². The van der Waals surface area contributed by atoms with E-state index in [9.17, 15) is 4.79 Å². The second-order valence-corrected chi connectivity index (χ2v) is 5.73. The van der Waals surface area contributed by atoms with Crippen LogP contribution in [0.1, 0.15) is 24.8 Å². The van der Waals surface area contributed by atoms with Crippen molar-refractivity contribution in [1.82, 2.24) is 4.90 Å². The summed E-state index contributed by atoms with van der Waals surface area (Å²) in [4.78, 5) is 13.5. The highest BCUT2D eigenvalue weighted by Gasteiger charge is 2.21. The Hall–Kier alpha value is -2.13. The number of para-hydroxylation sites is 1. The van der Waals surface area contributed by atoms with Crippen LogP contribution in [0.5, 0.6) is 11.5 Å². The number of carbonyl (C=O) groups is 1. The summed E-state index contributed by atoms with van der Waals surface area (Å²) in [7, 11) is 0. The SMILES string of the molecule is O=CC1CCCCN1Cc1cccc(Oc2ccccc2)c1. The zero-order chi connectivity index (χ0) is 15.2. The molecule has 1 atom stereocenters. The lowest BCUT2D eigenvalue weighted by Gasteiger charge is -2.32. The summed E-state index contributed by atoms with van der Waals surface area (Å²) < 4.78 is 5.87. The molecule has 0 spiro atoms. The number of carbonyl (C=O) groups excluding carboxylic acids is 1. The van der Waals surface area contributed by atoms with E-state index in [1.165, 1.54) is 12.0 Å². The van der Waals surface area contributed by atoms with Crippen molar-refractivity contribution in [3.8, 4) is 11.5 Å². The van der Waals surface area contributed by atoms with Crippen LogP contribution in [-0.4, -0.2) is 23.8 Å². The van der Waals surface area contributed by atoms with E-state index in [1.54, 1.807) is 0 Å². The van der Waals surface area contributed by atoms with Crippen molar-refractivity contribution in [2.75, 3.05) is 6.54 Å². The van der Waals surface area contributed by atoms with E-state index in [0.717, 1.165) is 43.7 Å². The van der Waals surface area contributed by atoms with Gasteiger partial charge < -0.3 is 9.53 Å². The molecule has 0 saturated carbocycles. The molecule has 1 unspecified atom stereocenters. The molecule has 0 N–H and O–H groups in total. The molecule has 0 radical (unpaired) electrons. The number of rotatable bonds is 5. The Morgan fingerprint density at radius 3 is 2.68 bits per heavy atom. The molecule has 3 heteroatoms. The average Bonchev–Trinajstić information content (AvgIpc) is 2.57. The van der Waals surface area contributed by atoms with Gasteiger partial charge in [0.1, 0.15) is 17.8 Å². The molecule has 3 rings (SSSR count). The van der Waals surface area contributed by atoms with Gasteiger partial charge in [-0.05, 0) is 49.2 Å². The molecule has 22 heavy (non-hydrogen) atoms. The Morgan fingerprint density at radius 1 is 1.05 bits per heavy atom. The molecule has 0 aromatic heterocycles. The highest BCUT2D eigenvalue weighted by atomic mass is 16.5. The molecule has 114 valence electrons. The molecular weight excluding hydrogens is 274 g/mol. The molecule has 0 amide bonds. The molecule has 0 bridgehead atoms. The average molecular weight is 295 g/mol. The lowest BCUT2D eigenvalue weighted by molar-refractivity contribution is -0.113. The summed E-state index contributed by atoms with van der Waals surface area (Å²) in [5.41, 5.74) is 1.18. The minimum absolute atomic E-state index is 0.0625. The van der Waals surface area contributed by atoms with Gasteiger partial charge in [-0.1, -0.05) is 36.8 Å². The number of benzene rings is 2. The lowest BCUT2D eigenvalue weighted by Crippen LogP contribution is -2.39. The van der Waals surface area contributed by atoms with E-state index in [2.05, 4.69) is 17.0 Å². The second kappa shape index (κ2) is 7.23. The molecule has 1 aliphatic rings. The summed E-state index contributed by atoms with van der Waals surface area (Å²) >= 11 is 0. The van der Waals surface area contributed by atoms with E-state index in [1.807, 2.05) is 42.5 Å². The fraction of sp³-hybridized carbons (Fsp3) is 0.316. The molecular formula is C19H21NO2. The predicted molar refractivity (Wildman–Crippen MR) is 87.1 cm³/mol. The minimum Gasteiger partial charge on any atom is -0.457 e. The molecule has 1 fully saturated rings.